The van der Waals surface area contributed by atoms with Crippen molar-refractivity contribution in [2.75, 3.05) is 6.54 Å². The third-order valence-electron chi connectivity index (χ3n) is 1.84. The summed E-state index contributed by atoms with van der Waals surface area (Å²) in [6.45, 7) is 1.67. The second-order valence-electron chi connectivity index (χ2n) is 3.03. The van der Waals surface area contributed by atoms with Gasteiger partial charge in [0.2, 0.25) is 0 Å². The minimum atomic E-state index is -1.08. The van der Waals surface area contributed by atoms with Gasteiger partial charge in [0.25, 0.3) is 0 Å². The summed E-state index contributed by atoms with van der Waals surface area (Å²) in [7, 11) is 0. The molecule has 68 valence electrons. The molecule has 0 aliphatic heterocycles. The molecule has 0 amide bonds. The van der Waals surface area contributed by atoms with Crippen LogP contribution in [0.15, 0.2) is 35.4 Å². The minimum absolute atomic E-state index is 0.0491. The molecule has 0 radical (unpaired) electrons. The van der Waals surface area contributed by atoms with E-state index in [0.29, 0.717) is 0 Å². The molecule has 0 spiro atoms. The lowest BCUT2D eigenvalue weighted by Crippen LogP contribution is -2.24. The molecule has 1 aromatic carbocycles. The monoisotopic (exact) mass is 177 g/mol. The number of aliphatic hydroxyl groups is 1. The van der Waals surface area contributed by atoms with E-state index in [4.69, 9.17) is 5.53 Å². The fraction of sp³-hybridized carbons (Fsp3) is 0.333. The Morgan fingerprint density at radius 1 is 1.46 bits per heavy atom. The normalized spacial score (nSPS) is 14.3. The summed E-state index contributed by atoms with van der Waals surface area (Å²) in [5.41, 5.74) is 7.80. The summed E-state index contributed by atoms with van der Waals surface area (Å²) < 4.78 is 0. The number of benzene rings is 1. The molecule has 13 heavy (non-hydrogen) atoms. The topological polar surface area (TPSA) is 69.0 Å². The van der Waals surface area contributed by atoms with Crippen molar-refractivity contribution in [3.05, 3.63) is 46.3 Å². The first-order chi connectivity index (χ1) is 6.17. The standard InChI is InChI=1S/C9H11N3O/c1-9(13,7-11-12-10)8-5-3-2-4-6-8/h2-6,13H,7H2,1H3/t9-/m0/s1. The van der Waals surface area contributed by atoms with Crippen LogP contribution < -0.4 is 0 Å². The van der Waals surface area contributed by atoms with Gasteiger partial charge in [-0.2, -0.15) is 0 Å². The lowest BCUT2D eigenvalue weighted by atomic mass is 9.97. The molecule has 4 nitrogen and oxygen atoms in total. The van der Waals surface area contributed by atoms with Gasteiger partial charge in [-0.1, -0.05) is 35.4 Å². The van der Waals surface area contributed by atoms with E-state index in [1.54, 1.807) is 19.1 Å². The highest BCUT2D eigenvalue weighted by Crippen LogP contribution is 2.20. The zero-order valence-corrected chi connectivity index (χ0v) is 7.38. The molecule has 0 saturated heterocycles. The third-order valence-corrected chi connectivity index (χ3v) is 1.84. The maximum atomic E-state index is 9.85. The number of hydrogen-bond donors (Lipinski definition) is 1. The van der Waals surface area contributed by atoms with Crippen LogP contribution in [0.4, 0.5) is 0 Å². The van der Waals surface area contributed by atoms with Gasteiger partial charge in [0.15, 0.2) is 0 Å². The fourth-order valence-electron chi connectivity index (χ4n) is 1.06. The average Bonchev–Trinajstić information content (AvgIpc) is 2.16. The number of hydrogen-bond acceptors (Lipinski definition) is 2. The summed E-state index contributed by atoms with van der Waals surface area (Å²) in [4.78, 5) is 2.61. The van der Waals surface area contributed by atoms with Crippen molar-refractivity contribution < 1.29 is 5.11 Å². The van der Waals surface area contributed by atoms with Gasteiger partial charge in [-0.05, 0) is 18.0 Å². The maximum absolute atomic E-state index is 9.85. The Balaban J connectivity index is 2.87. The van der Waals surface area contributed by atoms with E-state index < -0.39 is 5.60 Å². The van der Waals surface area contributed by atoms with Crippen molar-refractivity contribution in [2.24, 2.45) is 5.11 Å². The van der Waals surface area contributed by atoms with Crippen molar-refractivity contribution in [1.29, 1.82) is 0 Å². The van der Waals surface area contributed by atoms with E-state index in [2.05, 4.69) is 10.0 Å². The first-order valence-electron chi connectivity index (χ1n) is 3.95. The van der Waals surface area contributed by atoms with Crippen LogP contribution in [-0.2, 0) is 5.60 Å². The van der Waals surface area contributed by atoms with Crippen LogP contribution in [0.3, 0.4) is 0 Å². The van der Waals surface area contributed by atoms with Crippen LogP contribution in [0.2, 0.25) is 0 Å². The van der Waals surface area contributed by atoms with Gasteiger partial charge in [0.05, 0.1) is 12.1 Å². The van der Waals surface area contributed by atoms with Crippen molar-refractivity contribution in [2.45, 2.75) is 12.5 Å². The van der Waals surface area contributed by atoms with E-state index in [1.165, 1.54) is 0 Å². The molecule has 4 heteroatoms. The van der Waals surface area contributed by atoms with E-state index >= 15 is 0 Å². The summed E-state index contributed by atoms with van der Waals surface area (Å²) in [6, 6.07) is 9.13. The Morgan fingerprint density at radius 2 is 2.08 bits per heavy atom. The Morgan fingerprint density at radius 3 is 2.62 bits per heavy atom. The lowest BCUT2D eigenvalue weighted by molar-refractivity contribution is 0.0669. The summed E-state index contributed by atoms with van der Waals surface area (Å²) >= 11 is 0. The predicted molar refractivity (Wildman–Crippen MR) is 50.0 cm³/mol. The first-order valence-corrected chi connectivity index (χ1v) is 3.95. The summed E-state index contributed by atoms with van der Waals surface area (Å²) in [6.07, 6.45) is 0. The maximum Gasteiger partial charge on any atom is 0.0924 e. The van der Waals surface area contributed by atoms with Gasteiger partial charge in [-0.3, -0.25) is 0 Å². The second-order valence-corrected chi connectivity index (χ2v) is 3.03. The molecule has 1 aromatic rings. The van der Waals surface area contributed by atoms with Crippen LogP contribution >= 0.6 is 0 Å². The average molecular weight is 177 g/mol. The minimum Gasteiger partial charge on any atom is -0.385 e. The molecule has 0 heterocycles. The highest BCUT2D eigenvalue weighted by molar-refractivity contribution is 5.21. The fourth-order valence-corrected chi connectivity index (χ4v) is 1.06. The third kappa shape index (κ3) is 2.47. The van der Waals surface area contributed by atoms with Crippen LogP contribution in [0, 0.1) is 0 Å². The van der Waals surface area contributed by atoms with Crippen molar-refractivity contribution >= 4 is 0 Å². The number of rotatable bonds is 3. The van der Waals surface area contributed by atoms with Crippen LogP contribution in [-0.4, -0.2) is 11.7 Å². The molecule has 0 unspecified atom stereocenters. The lowest BCUT2D eigenvalue weighted by Gasteiger charge is -2.20. The SMILES string of the molecule is C[C@](O)(CN=[N+]=[N-])c1ccccc1. The molecule has 0 aliphatic carbocycles. The Bertz CT molecular complexity index is 315. The van der Waals surface area contributed by atoms with E-state index in [1.807, 2.05) is 18.2 Å². The molecule has 0 aliphatic rings. The molecule has 0 fully saturated rings. The van der Waals surface area contributed by atoms with Crippen molar-refractivity contribution in [1.82, 2.24) is 0 Å². The van der Waals surface area contributed by atoms with Crippen molar-refractivity contribution in [3.63, 3.8) is 0 Å². The molecule has 0 bridgehead atoms. The van der Waals surface area contributed by atoms with Crippen LogP contribution in [0.1, 0.15) is 12.5 Å². The summed E-state index contributed by atoms with van der Waals surface area (Å²) in [5.74, 6) is 0. The molecule has 0 saturated carbocycles. The quantitative estimate of drug-likeness (QED) is 0.429. The molecule has 1 N–H and O–H groups in total. The second kappa shape index (κ2) is 3.94. The van der Waals surface area contributed by atoms with E-state index in [9.17, 15) is 5.11 Å². The summed E-state index contributed by atoms with van der Waals surface area (Å²) in [5, 5.41) is 13.2. The largest absolute Gasteiger partial charge is 0.385 e. The highest BCUT2D eigenvalue weighted by atomic mass is 16.3. The highest BCUT2D eigenvalue weighted by Gasteiger charge is 2.21. The van der Waals surface area contributed by atoms with Gasteiger partial charge in [-0.15, -0.1) is 0 Å². The number of azide groups is 1. The Kier molecular flexibility index (Phi) is 2.90. The van der Waals surface area contributed by atoms with E-state index in [0.717, 1.165) is 5.56 Å². The molecule has 1 atom stereocenters. The molecular formula is C9H11N3O. The number of nitrogens with zero attached hydrogens (tertiary/aromatic N) is 3. The predicted octanol–water partition coefficient (Wildman–Crippen LogP) is 2.20. The van der Waals surface area contributed by atoms with Crippen molar-refractivity contribution in [3.8, 4) is 0 Å². The van der Waals surface area contributed by atoms with Gasteiger partial charge < -0.3 is 5.11 Å². The smallest absolute Gasteiger partial charge is 0.0924 e. The first kappa shape index (κ1) is 9.58. The van der Waals surface area contributed by atoms with E-state index in [-0.39, 0.29) is 6.54 Å². The van der Waals surface area contributed by atoms with Gasteiger partial charge in [0, 0.05) is 4.91 Å². The van der Waals surface area contributed by atoms with Gasteiger partial charge in [-0.25, -0.2) is 0 Å². The van der Waals surface area contributed by atoms with Gasteiger partial charge in [0.1, 0.15) is 0 Å². The van der Waals surface area contributed by atoms with Gasteiger partial charge >= 0.3 is 0 Å². The Labute approximate surface area is 76.5 Å². The molecule has 0 aromatic heterocycles. The molecular weight excluding hydrogens is 166 g/mol. The van der Waals surface area contributed by atoms with Crippen LogP contribution in [0.5, 0.6) is 0 Å². The molecule has 1 rings (SSSR count). The Hall–Kier alpha value is -1.51. The zero-order valence-electron chi connectivity index (χ0n) is 7.38. The zero-order chi connectivity index (χ0) is 9.73. The van der Waals surface area contributed by atoms with Crippen LogP contribution in [0.25, 0.3) is 10.4 Å².